The Kier molecular flexibility index (Phi) is 8.14. The minimum atomic E-state index is -0.184. The summed E-state index contributed by atoms with van der Waals surface area (Å²) in [5.41, 5.74) is 3.81. The zero-order chi connectivity index (χ0) is 28.3. The molecule has 3 aromatic carbocycles. The molecule has 0 bridgehead atoms. The van der Waals surface area contributed by atoms with E-state index in [-0.39, 0.29) is 23.0 Å². The maximum Gasteiger partial charge on any atom is 0.241 e. The van der Waals surface area contributed by atoms with E-state index in [1.807, 2.05) is 42.5 Å². The van der Waals surface area contributed by atoms with Crippen molar-refractivity contribution in [2.45, 2.75) is 45.6 Å². The van der Waals surface area contributed by atoms with Gasteiger partial charge >= 0.3 is 0 Å². The highest BCUT2D eigenvalue weighted by atomic mass is 35.5. The first-order chi connectivity index (χ1) is 19.2. The van der Waals surface area contributed by atoms with Gasteiger partial charge in [0.1, 0.15) is 0 Å². The van der Waals surface area contributed by atoms with Crippen LogP contribution in [-0.2, 0) is 16.8 Å². The minimum absolute atomic E-state index is 0.0200. The summed E-state index contributed by atoms with van der Waals surface area (Å²) in [4.78, 5) is 33.0. The molecule has 1 unspecified atom stereocenters. The van der Waals surface area contributed by atoms with Crippen molar-refractivity contribution in [2.24, 2.45) is 5.92 Å². The number of nitrogens with zero attached hydrogens (tertiary/aromatic N) is 3. The van der Waals surface area contributed by atoms with E-state index in [1.165, 1.54) is 5.56 Å². The molecule has 1 aromatic heterocycles. The summed E-state index contributed by atoms with van der Waals surface area (Å²) in [6.07, 6.45) is 1.68. The molecule has 1 amide bonds. The average Bonchev–Trinajstić information content (AvgIpc) is 3.41. The summed E-state index contributed by atoms with van der Waals surface area (Å²) in [5.74, 6) is 0.705. The van der Waals surface area contributed by atoms with Crippen molar-refractivity contribution < 1.29 is 14.1 Å². The number of halogens is 1. The second kappa shape index (κ2) is 11.7. The van der Waals surface area contributed by atoms with Gasteiger partial charge in [0.15, 0.2) is 5.78 Å². The van der Waals surface area contributed by atoms with Crippen molar-refractivity contribution in [3.8, 4) is 11.4 Å². The van der Waals surface area contributed by atoms with Crippen LogP contribution >= 0.6 is 11.6 Å². The van der Waals surface area contributed by atoms with E-state index in [4.69, 9.17) is 16.1 Å². The van der Waals surface area contributed by atoms with Gasteiger partial charge in [-0.25, -0.2) is 0 Å². The molecule has 2 heterocycles. The van der Waals surface area contributed by atoms with Crippen LogP contribution in [0.4, 0.5) is 5.69 Å². The van der Waals surface area contributed by atoms with Crippen molar-refractivity contribution in [1.29, 1.82) is 0 Å². The molecule has 0 radical (unpaired) electrons. The Morgan fingerprint density at radius 2 is 1.77 bits per heavy atom. The molecule has 8 heteroatoms. The molecule has 1 N–H and O–H groups in total. The molecule has 1 fully saturated rings. The lowest BCUT2D eigenvalue weighted by Crippen LogP contribution is -2.40. The number of aromatic nitrogens is 2. The Morgan fingerprint density at radius 3 is 2.50 bits per heavy atom. The first-order valence-corrected chi connectivity index (χ1v) is 13.9. The van der Waals surface area contributed by atoms with Crippen molar-refractivity contribution in [3.63, 3.8) is 0 Å². The third-order valence-corrected chi connectivity index (χ3v) is 7.46. The quantitative estimate of drug-likeness (QED) is 0.253. The number of hydrogen-bond donors (Lipinski definition) is 1. The van der Waals surface area contributed by atoms with E-state index < -0.39 is 0 Å². The molecule has 40 heavy (non-hydrogen) atoms. The minimum Gasteiger partial charge on any atom is -0.338 e. The standard InChI is InChI=1S/C32H33ClN4O3/c1-32(2,3)25-13-9-21(10-14-25)29(38)23-6-4-8-27(18-23)34-31(39)24-7-5-17-37(19-24)20-28-35-30(36-40-28)22-11-15-26(33)16-12-22/h4,6,8-16,18,24H,5,7,17,19-20H2,1-3H3,(H,34,39). The lowest BCUT2D eigenvalue weighted by Gasteiger charge is -2.30. The topological polar surface area (TPSA) is 88.3 Å². The molecule has 1 aliphatic rings. The van der Waals surface area contributed by atoms with E-state index in [9.17, 15) is 9.59 Å². The highest BCUT2D eigenvalue weighted by Crippen LogP contribution is 2.25. The molecule has 1 atom stereocenters. The summed E-state index contributed by atoms with van der Waals surface area (Å²) < 4.78 is 5.47. The van der Waals surface area contributed by atoms with Crippen LogP contribution in [0, 0.1) is 5.92 Å². The summed E-state index contributed by atoms with van der Waals surface area (Å²) in [7, 11) is 0. The molecule has 4 aromatic rings. The summed E-state index contributed by atoms with van der Waals surface area (Å²) in [6, 6.07) is 22.2. The van der Waals surface area contributed by atoms with Crippen molar-refractivity contribution in [2.75, 3.05) is 18.4 Å². The molecule has 0 aliphatic carbocycles. The number of hydrogen-bond acceptors (Lipinski definition) is 6. The third kappa shape index (κ3) is 6.66. The number of anilines is 1. The molecular formula is C32H33ClN4O3. The van der Waals surface area contributed by atoms with Crippen LogP contribution in [0.2, 0.25) is 5.02 Å². The van der Waals surface area contributed by atoms with E-state index >= 15 is 0 Å². The number of likely N-dealkylation sites (tertiary alicyclic amines) is 1. The number of rotatable bonds is 7. The normalized spacial score (nSPS) is 16.1. The molecule has 206 valence electrons. The van der Waals surface area contributed by atoms with Gasteiger partial charge in [0.2, 0.25) is 17.6 Å². The van der Waals surface area contributed by atoms with Gasteiger partial charge in [-0.2, -0.15) is 4.98 Å². The maximum absolute atomic E-state index is 13.2. The molecule has 0 spiro atoms. The second-order valence-electron chi connectivity index (χ2n) is 11.3. The maximum atomic E-state index is 13.2. The van der Waals surface area contributed by atoms with Crippen LogP contribution in [0.3, 0.4) is 0 Å². The zero-order valence-corrected chi connectivity index (χ0v) is 23.7. The summed E-state index contributed by atoms with van der Waals surface area (Å²) in [6.45, 7) is 8.34. The van der Waals surface area contributed by atoms with Gasteiger partial charge in [-0.1, -0.05) is 73.9 Å². The molecular weight excluding hydrogens is 524 g/mol. The second-order valence-corrected chi connectivity index (χ2v) is 11.8. The number of carbonyl (C=O) groups is 2. The van der Waals surface area contributed by atoms with Crippen molar-refractivity contribution in [3.05, 3.63) is 100 Å². The molecule has 0 saturated carbocycles. The van der Waals surface area contributed by atoms with Crippen molar-refractivity contribution in [1.82, 2.24) is 15.0 Å². The first kappa shape index (κ1) is 27.7. The molecule has 7 nitrogen and oxygen atoms in total. The highest BCUT2D eigenvalue weighted by Gasteiger charge is 2.27. The van der Waals surface area contributed by atoms with Gasteiger partial charge in [0.25, 0.3) is 0 Å². The van der Waals surface area contributed by atoms with Crippen LogP contribution < -0.4 is 5.32 Å². The third-order valence-electron chi connectivity index (χ3n) is 7.21. The first-order valence-electron chi connectivity index (χ1n) is 13.5. The lowest BCUT2D eigenvalue weighted by atomic mass is 9.86. The van der Waals surface area contributed by atoms with Gasteiger partial charge in [-0.05, 0) is 66.8 Å². The predicted molar refractivity (Wildman–Crippen MR) is 156 cm³/mol. The highest BCUT2D eigenvalue weighted by molar-refractivity contribution is 6.30. The van der Waals surface area contributed by atoms with Crippen LogP contribution in [0.15, 0.2) is 77.3 Å². The fourth-order valence-electron chi connectivity index (χ4n) is 4.91. The number of nitrogens with one attached hydrogen (secondary N) is 1. The summed E-state index contributed by atoms with van der Waals surface area (Å²) >= 11 is 5.97. The molecule has 1 aliphatic heterocycles. The fraction of sp³-hybridized carbons (Fsp3) is 0.312. The largest absolute Gasteiger partial charge is 0.338 e. The monoisotopic (exact) mass is 556 g/mol. The smallest absolute Gasteiger partial charge is 0.241 e. The van der Waals surface area contributed by atoms with Crippen LogP contribution in [0.5, 0.6) is 0 Å². The van der Waals surface area contributed by atoms with Crippen LogP contribution in [0.1, 0.15) is 61.0 Å². The Bertz CT molecular complexity index is 1490. The van der Waals surface area contributed by atoms with E-state index in [0.717, 1.165) is 24.9 Å². The SMILES string of the molecule is CC(C)(C)c1ccc(C(=O)c2cccc(NC(=O)C3CCCN(Cc4nc(-c5ccc(Cl)cc5)no4)C3)c2)cc1. The van der Waals surface area contributed by atoms with Crippen LogP contribution in [-0.4, -0.2) is 39.8 Å². The van der Waals surface area contributed by atoms with Crippen LogP contribution in [0.25, 0.3) is 11.4 Å². The number of ketones is 1. The summed E-state index contributed by atoms with van der Waals surface area (Å²) in [5, 5.41) is 7.76. The van der Waals surface area contributed by atoms with Gasteiger partial charge in [-0.15, -0.1) is 0 Å². The van der Waals surface area contributed by atoms with Gasteiger partial charge < -0.3 is 9.84 Å². The molecule has 5 rings (SSSR count). The number of piperidine rings is 1. The Hall–Kier alpha value is -3.81. The Labute approximate surface area is 239 Å². The van der Waals surface area contributed by atoms with Gasteiger partial charge in [0.05, 0.1) is 12.5 Å². The molecule has 1 saturated heterocycles. The Balaban J connectivity index is 1.19. The van der Waals surface area contributed by atoms with Gasteiger partial charge in [0, 0.05) is 33.9 Å². The number of benzene rings is 3. The fourth-order valence-corrected chi connectivity index (χ4v) is 5.04. The number of carbonyl (C=O) groups excluding carboxylic acids is 2. The number of amides is 1. The van der Waals surface area contributed by atoms with Crippen molar-refractivity contribution >= 4 is 29.0 Å². The zero-order valence-electron chi connectivity index (χ0n) is 23.0. The van der Waals surface area contributed by atoms with Gasteiger partial charge in [-0.3, -0.25) is 14.5 Å². The lowest BCUT2D eigenvalue weighted by molar-refractivity contribution is -0.121. The van der Waals surface area contributed by atoms with E-state index in [2.05, 4.69) is 41.1 Å². The van der Waals surface area contributed by atoms with E-state index in [1.54, 1.807) is 30.3 Å². The van der Waals surface area contributed by atoms with E-state index in [0.29, 0.717) is 46.6 Å². The predicted octanol–water partition coefficient (Wildman–Crippen LogP) is 6.77. The average molecular weight is 557 g/mol. The Morgan fingerprint density at radius 1 is 1.02 bits per heavy atom.